The minimum Gasteiger partial charge on any atom is -0.493 e. The van der Waals surface area contributed by atoms with Gasteiger partial charge in [0, 0.05) is 11.6 Å². The minimum atomic E-state index is -0.916. The van der Waals surface area contributed by atoms with E-state index in [0.717, 1.165) is 24.9 Å². The van der Waals surface area contributed by atoms with Crippen molar-refractivity contribution in [3.63, 3.8) is 0 Å². The third-order valence-electron chi connectivity index (χ3n) is 7.06. The molecule has 0 aromatic heterocycles. The number of methoxy groups -OCH3 is 1. The van der Waals surface area contributed by atoms with Crippen LogP contribution in [0.1, 0.15) is 30.4 Å². The first-order chi connectivity index (χ1) is 12.9. The van der Waals surface area contributed by atoms with Gasteiger partial charge in [-0.1, -0.05) is 6.07 Å². The van der Waals surface area contributed by atoms with Gasteiger partial charge in [0.1, 0.15) is 0 Å². The number of nitrogens with one attached hydrogen (secondary N) is 1. The molecule has 4 N–H and O–H groups in total. The number of likely N-dealkylation sites (tertiary alicyclic amines) is 1. The molecule has 8 nitrogen and oxygen atoms in total. The van der Waals surface area contributed by atoms with Gasteiger partial charge in [0.15, 0.2) is 17.6 Å². The van der Waals surface area contributed by atoms with Crippen molar-refractivity contribution in [2.24, 2.45) is 10.8 Å². The van der Waals surface area contributed by atoms with Crippen LogP contribution in [0.2, 0.25) is 0 Å². The topological polar surface area (TPSA) is 109 Å². The maximum Gasteiger partial charge on any atom is 0.332 e. The molecule has 2 amide bonds. The van der Waals surface area contributed by atoms with Crippen molar-refractivity contribution in [3.05, 3.63) is 23.3 Å². The molecule has 1 aromatic carbocycles. The van der Waals surface area contributed by atoms with Crippen molar-refractivity contribution in [2.75, 3.05) is 20.7 Å². The van der Waals surface area contributed by atoms with Crippen LogP contribution < -0.4 is 20.6 Å². The molecule has 2 aliphatic carbocycles. The van der Waals surface area contributed by atoms with Gasteiger partial charge >= 0.3 is 6.03 Å². The molecule has 2 aliphatic heterocycles. The molecule has 8 heteroatoms. The number of carbonyl (C=O) groups excluding carboxylic acids is 1. The molecule has 4 aliphatic rings. The van der Waals surface area contributed by atoms with E-state index in [4.69, 9.17) is 15.2 Å². The molecular formula is C19H24N4O4. The molecule has 5 rings (SSSR count). The highest BCUT2D eigenvalue weighted by Crippen LogP contribution is 2.64. The normalized spacial score (nSPS) is 37.5. The summed E-state index contributed by atoms with van der Waals surface area (Å²) in [7, 11) is 3.70. The maximum atomic E-state index is 12.0. The number of nitrogens with two attached hydrogens (primary N) is 1. The Morgan fingerprint density at radius 3 is 3.04 bits per heavy atom. The number of hydrazone groups is 1. The van der Waals surface area contributed by atoms with Crippen LogP contribution in [0.4, 0.5) is 4.79 Å². The highest BCUT2D eigenvalue weighted by atomic mass is 16.5. The molecule has 27 heavy (non-hydrogen) atoms. The number of primary amides is 1. The van der Waals surface area contributed by atoms with Crippen LogP contribution in [0.15, 0.2) is 17.2 Å². The van der Waals surface area contributed by atoms with Gasteiger partial charge in [0.25, 0.3) is 0 Å². The molecule has 1 unspecified atom stereocenters. The SMILES string of the molecule is COc1ccc2c3c1OC1/C(=N/NC(N)=O)CC[C@@]4(O)[C@@H](C2)N(C)CC[C@]314. The zero-order valence-corrected chi connectivity index (χ0v) is 15.5. The molecule has 1 spiro atoms. The fourth-order valence-corrected chi connectivity index (χ4v) is 5.94. The second kappa shape index (κ2) is 5.36. The molecule has 4 atom stereocenters. The predicted octanol–water partition coefficient (Wildman–Crippen LogP) is 0.503. The average molecular weight is 372 g/mol. The van der Waals surface area contributed by atoms with Gasteiger partial charge in [0.05, 0.1) is 23.8 Å². The summed E-state index contributed by atoms with van der Waals surface area (Å²) >= 11 is 0. The van der Waals surface area contributed by atoms with Crippen LogP contribution in [0.5, 0.6) is 11.5 Å². The van der Waals surface area contributed by atoms with Crippen LogP contribution in [0.3, 0.4) is 0 Å². The van der Waals surface area contributed by atoms with E-state index in [2.05, 4.69) is 28.5 Å². The smallest absolute Gasteiger partial charge is 0.332 e. The lowest BCUT2D eigenvalue weighted by molar-refractivity contribution is -0.160. The Hall–Kier alpha value is -2.32. The van der Waals surface area contributed by atoms with Crippen molar-refractivity contribution >= 4 is 11.7 Å². The van der Waals surface area contributed by atoms with Gasteiger partial charge in [-0.25, -0.2) is 10.2 Å². The summed E-state index contributed by atoms with van der Waals surface area (Å²) in [4.78, 5) is 13.4. The monoisotopic (exact) mass is 372 g/mol. The second-order valence-corrected chi connectivity index (χ2v) is 8.05. The number of piperidine rings is 1. The summed E-state index contributed by atoms with van der Waals surface area (Å²) in [6.07, 6.45) is 2.20. The molecule has 0 radical (unpaired) electrons. The molecule has 144 valence electrons. The lowest BCUT2D eigenvalue weighted by Crippen LogP contribution is -2.76. The molecule has 2 fully saturated rings. The number of ether oxygens (including phenoxy) is 2. The number of nitrogens with zero attached hydrogens (tertiary/aromatic N) is 2. The molecular weight excluding hydrogens is 348 g/mol. The van der Waals surface area contributed by atoms with Crippen molar-refractivity contribution in [1.29, 1.82) is 0 Å². The van der Waals surface area contributed by atoms with Crippen molar-refractivity contribution < 1.29 is 19.4 Å². The number of hydrogen-bond donors (Lipinski definition) is 3. The lowest BCUT2D eigenvalue weighted by Gasteiger charge is -2.62. The summed E-state index contributed by atoms with van der Waals surface area (Å²) in [5.74, 6) is 1.37. The van der Waals surface area contributed by atoms with Crippen LogP contribution >= 0.6 is 0 Å². The third-order valence-corrected chi connectivity index (χ3v) is 7.06. The van der Waals surface area contributed by atoms with E-state index >= 15 is 0 Å². The maximum absolute atomic E-state index is 12.0. The summed E-state index contributed by atoms with van der Waals surface area (Å²) in [6, 6.07) is 3.33. The van der Waals surface area contributed by atoms with E-state index < -0.39 is 23.2 Å². The number of aliphatic hydroxyl groups is 1. The summed E-state index contributed by atoms with van der Waals surface area (Å²) < 4.78 is 12.0. The lowest BCUT2D eigenvalue weighted by atomic mass is 9.49. The molecule has 1 saturated carbocycles. The minimum absolute atomic E-state index is 0.0230. The van der Waals surface area contributed by atoms with E-state index in [1.807, 2.05) is 6.07 Å². The van der Waals surface area contributed by atoms with Gasteiger partial charge in [0.2, 0.25) is 0 Å². The standard InChI is InChI=1S/C19H24N4O4/c1-23-8-7-18-14-10-3-4-12(26-2)15(14)27-16(18)11(21-22-17(20)24)5-6-19(18,25)13(23)9-10/h3-4,13,16,25H,5-9H2,1-2H3,(H3,20,22,24)/b21-11+/t13-,16?,18+,19-/m1/s1. The highest BCUT2D eigenvalue weighted by molar-refractivity contribution is 5.95. The van der Waals surface area contributed by atoms with Crippen LogP contribution in [0.25, 0.3) is 0 Å². The molecule has 1 aromatic rings. The first-order valence-corrected chi connectivity index (χ1v) is 9.34. The fraction of sp³-hybridized carbons (Fsp3) is 0.579. The van der Waals surface area contributed by atoms with Gasteiger partial charge in [-0.2, -0.15) is 5.10 Å². The number of amides is 2. The largest absolute Gasteiger partial charge is 0.493 e. The van der Waals surface area contributed by atoms with Crippen molar-refractivity contribution in [3.8, 4) is 11.5 Å². The van der Waals surface area contributed by atoms with E-state index in [9.17, 15) is 9.90 Å². The Bertz CT molecular complexity index is 872. The Kier molecular flexibility index (Phi) is 3.34. The number of hydrogen-bond acceptors (Lipinski definition) is 6. The Labute approximate surface area is 157 Å². The predicted molar refractivity (Wildman–Crippen MR) is 98.2 cm³/mol. The van der Waals surface area contributed by atoms with Crippen LogP contribution in [-0.2, 0) is 11.8 Å². The zero-order valence-electron chi connectivity index (χ0n) is 15.5. The molecule has 1 saturated heterocycles. The number of benzene rings is 1. The Morgan fingerprint density at radius 2 is 2.30 bits per heavy atom. The number of carbonyl (C=O) groups is 1. The van der Waals surface area contributed by atoms with Crippen molar-refractivity contribution in [2.45, 2.75) is 48.8 Å². The van der Waals surface area contributed by atoms with E-state index in [-0.39, 0.29) is 6.04 Å². The van der Waals surface area contributed by atoms with E-state index in [1.165, 1.54) is 5.56 Å². The average Bonchev–Trinajstić information content (AvgIpc) is 2.99. The Morgan fingerprint density at radius 1 is 1.48 bits per heavy atom. The molecule has 2 heterocycles. The first-order valence-electron chi connectivity index (χ1n) is 9.34. The number of likely N-dealkylation sites (N-methyl/N-ethyl adjacent to an activating group) is 1. The first kappa shape index (κ1) is 16.8. The van der Waals surface area contributed by atoms with Crippen LogP contribution in [0, 0.1) is 0 Å². The van der Waals surface area contributed by atoms with Gasteiger partial charge in [-0.05, 0) is 50.9 Å². The second-order valence-electron chi connectivity index (χ2n) is 8.05. The zero-order chi connectivity index (χ0) is 19.0. The number of urea groups is 1. The third kappa shape index (κ3) is 1.89. The molecule has 2 bridgehead atoms. The summed E-state index contributed by atoms with van der Waals surface area (Å²) in [6.45, 7) is 0.861. The van der Waals surface area contributed by atoms with Crippen molar-refractivity contribution in [1.82, 2.24) is 10.3 Å². The summed E-state index contributed by atoms with van der Waals surface area (Å²) in [5.41, 5.74) is 9.02. The quantitative estimate of drug-likeness (QED) is 0.655. The summed E-state index contributed by atoms with van der Waals surface area (Å²) in [5, 5.41) is 16.3. The highest BCUT2D eigenvalue weighted by Gasteiger charge is 2.72. The van der Waals surface area contributed by atoms with Crippen LogP contribution in [-0.4, -0.2) is 60.2 Å². The Balaban J connectivity index is 1.75. The van der Waals surface area contributed by atoms with E-state index in [1.54, 1.807) is 7.11 Å². The number of rotatable bonds is 2. The van der Waals surface area contributed by atoms with Gasteiger partial charge < -0.3 is 25.2 Å². The van der Waals surface area contributed by atoms with Gasteiger partial charge in [-0.3, -0.25) is 0 Å². The van der Waals surface area contributed by atoms with Gasteiger partial charge in [-0.15, -0.1) is 0 Å². The fourth-order valence-electron chi connectivity index (χ4n) is 5.94. The van der Waals surface area contributed by atoms with E-state index in [0.29, 0.717) is 30.1 Å².